The average Bonchev–Trinajstić information content (AvgIpc) is 3.12. The summed E-state index contributed by atoms with van der Waals surface area (Å²) in [6.07, 6.45) is 1.89. The van der Waals surface area contributed by atoms with Gasteiger partial charge in [0.1, 0.15) is 28.7 Å². The third-order valence-electron chi connectivity index (χ3n) is 5.72. The van der Waals surface area contributed by atoms with Gasteiger partial charge in [0.15, 0.2) is 9.84 Å². The largest absolute Gasteiger partial charge is 0.457 e. The summed E-state index contributed by atoms with van der Waals surface area (Å²) in [7, 11) is -3.77. The van der Waals surface area contributed by atoms with Gasteiger partial charge in [-0.1, -0.05) is 0 Å². The minimum absolute atomic E-state index is 0.0565. The lowest BCUT2D eigenvalue weighted by atomic mass is 9.86. The number of carbonyl (C=O) groups excluding carboxylic acids is 1. The van der Waals surface area contributed by atoms with Gasteiger partial charge in [-0.05, 0) is 61.4 Å². The van der Waals surface area contributed by atoms with Crippen molar-refractivity contribution in [2.24, 2.45) is 0 Å². The fourth-order valence-electron chi connectivity index (χ4n) is 4.13. The highest BCUT2D eigenvalue weighted by Crippen LogP contribution is 2.38. The third kappa shape index (κ3) is 4.72. The Balaban J connectivity index is 1.45. The van der Waals surface area contributed by atoms with Crippen molar-refractivity contribution in [3.63, 3.8) is 0 Å². The topological polar surface area (TPSA) is 114 Å². The van der Waals surface area contributed by atoms with Gasteiger partial charge in [0, 0.05) is 12.8 Å². The molecule has 0 aromatic heterocycles. The molecule has 10 heteroatoms. The van der Waals surface area contributed by atoms with E-state index in [0.717, 1.165) is 12.8 Å². The Morgan fingerprint density at radius 1 is 1.06 bits per heavy atom. The Hall–Kier alpha value is -2.53. The van der Waals surface area contributed by atoms with Crippen molar-refractivity contribution in [2.45, 2.75) is 48.3 Å². The predicted molar refractivity (Wildman–Crippen MR) is 108 cm³/mol. The lowest BCUT2D eigenvalue weighted by Gasteiger charge is -2.39. The first-order chi connectivity index (χ1) is 14.8. The maximum absolute atomic E-state index is 13.0. The van der Waals surface area contributed by atoms with Crippen LogP contribution in [0.2, 0.25) is 0 Å². The molecule has 3 atom stereocenters. The second-order valence-electron chi connectivity index (χ2n) is 7.85. The standard InChI is InChI=1S/C21H23FN2O6S/c22-14-1-3-15(4-2-14)29-16-7-9-19(10-8-16)31(27,28)13-23-21(20(25)24-26)11-17-5-6-18(12-21)30-17/h1-4,7-10,17-18,23,26H,5-6,11-13H2,(H,24,25)/t17-,18+,21?. The first kappa shape index (κ1) is 21.7. The van der Waals surface area contributed by atoms with Crippen molar-refractivity contribution < 1.29 is 32.3 Å². The molecule has 1 amide bonds. The highest BCUT2D eigenvalue weighted by Gasteiger charge is 2.49. The zero-order valence-corrected chi connectivity index (χ0v) is 17.4. The summed E-state index contributed by atoms with van der Waals surface area (Å²) in [5, 5.41) is 12.1. The molecule has 0 spiro atoms. The number of hydrogen-bond acceptors (Lipinski definition) is 7. The van der Waals surface area contributed by atoms with Gasteiger partial charge in [0.05, 0.1) is 17.1 Å². The Labute approximate surface area is 179 Å². The van der Waals surface area contributed by atoms with E-state index in [4.69, 9.17) is 9.47 Å². The van der Waals surface area contributed by atoms with Crippen LogP contribution in [0, 0.1) is 5.82 Å². The van der Waals surface area contributed by atoms with Crippen LogP contribution >= 0.6 is 0 Å². The molecule has 2 aliphatic rings. The smallest absolute Gasteiger partial charge is 0.263 e. The van der Waals surface area contributed by atoms with Crippen LogP contribution in [0.5, 0.6) is 11.5 Å². The van der Waals surface area contributed by atoms with Crippen molar-refractivity contribution in [3.05, 3.63) is 54.3 Å². The zero-order chi connectivity index (χ0) is 22.1. The number of sulfone groups is 1. The molecule has 0 aliphatic carbocycles. The van der Waals surface area contributed by atoms with Crippen molar-refractivity contribution in [1.29, 1.82) is 0 Å². The summed E-state index contributed by atoms with van der Waals surface area (Å²) < 4.78 is 50.0. The molecule has 3 N–H and O–H groups in total. The van der Waals surface area contributed by atoms with E-state index < -0.39 is 27.2 Å². The van der Waals surface area contributed by atoms with E-state index in [2.05, 4.69) is 5.32 Å². The molecule has 2 saturated heterocycles. The number of halogens is 1. The number of carbonyl (C=O) groups is 1. The van der Waals surface area contributed by atoms with E-state index in [-0.39, 0.29) is 35.8 Å². The summed E-state index contributed by atoms with van der Waals surface area (Å²) in [6.45, 7) is 0. The van der Waals surface area contributed by atoms with Gasteiger partial charge in [-0.3, -0.25) is 15.3 Å². The predicted octanol–water partition coefficient (Wildman–Crippen LogP) is 2.52. The molecule has 2 aromatic carbocycles. The van der Waals surface area contributed by atoms with Crippen LogP contribution < -0.4 is 15.5 Å². The van der Waals surface area contributed by atoms with Gasteiger partial charge in [0.2, 0.25) is 0 Å². The highest BCUT2D eigenvalue weighted by atomic mass is 32.2. The average molecular weight is 450 g/mol. The van der Waals surface area contributed by atoms with Gasteiger partial charge in [0.25, 0.3) is 5.91 Å². The van der Waals surface area contributed by atoms with Crippen LogP contribution in [0.1, 0.15) is 25.7 Å². The third-order valence-corrected chi connectivity index (χ3v) is 7.23. The van der Waals surface area contributed by atoms with Gasteiger partial charge < -0.3 is 9.47 Å². The Kier molecular flexibility index (Phi) is 5.98. The molecule has 2 aromatic rings. The van der Waals surface area contributed by atoms with Gasteiger partial charge in [-0.15, -0.1) is 0 Å². The fourth-order valence-corrected chi connectivity index (χ4v) is 5.31. The lowest BCUT2D eigenvalue weighted by Crippen LogP contribution is -2.61. The molecule has 2 fully saturated rings. The van der Waals surface area contributed by atoms with Crippen LogP contribution in [-0.2, 0) is 19.4 Å². The maximum atomic E-state index is 13.0. The monoisotopic (exact) mass is 450 g/mol. The van der Waals surface area contributed by atoms with Crippen molar-refractivity contribution in [1.82, 2.24) is 10.8 Å². The Morgan fingerprint density at radius 2 is 1.61 bits per heavy atom. The van der Waals surface area contributed by atoms with E-state index in [0.29, 0.717) is 11.5 Å². The van der Waals surface area contributed by atoms with Crippen LogP contribution in [0.25, 0.3) is 0 Å². The zero-order valence-electron chi connectivity index (χ0n) is 16.6. The van der Waals surface area contributed by atoms with E-state index in [1.165, 1.54) is 48.5 Å². The molecule has 8 nitrogen and oxygen atoms in total. The molecule has 31 heavy (non-hydrogen) atoms. The summed E-state index contributed by atoms with van der Waals surface area (Å²) in [5.41, 5.74) is 0.452. The molecule has 0 radical (unpaired) electrons. The highest BCUT2D eigenvalue weighted by molar-refractivity contribution is 7.91. The van der Waals surface area contributed by atoms with E-state index in [1.54, 1.807) is 5.48 Å². The van der Waals surface area contributed by atoms with Crippen LogP contribution in [0.4, 0.5) is 4.39 Å². The number of rotatable bonds is 7. The number of fused-ring (bicyclic) bond motifs is 2. The molecule has 0 saturated carbocycles. The molecule has 4 rings (SSSR count). The molecular weight excluding hydrogens is 427 g/mol. The quantitative estimate of drug-likeness (QED) is 0.439. The molecule has 2 bridgehead atoms. The van der Waals surface area contributed by atoms with Crippen LogP contribution in [0.3, 0.4) is 0 Å². The Morgan fingerprint density at radius 3 is 2.16 bits per heavy atom. The molecule has 1 unspecified atom stereocenters. The second kappa shape index (κ2) is 8.54. The normalized spacial score (nSPS) is 25.2. The molecular formula is C21H23FN2O6S. The number of nitrogens with one attached hydrogen (secondary N) is 2. The minimum atomic E-state index is -3.77. The summed E-state index contributed by atoms with van der Waals surface area (Å²) >= 11 is 0. The van der Waals surface area contributed by atoms with Crippen LogP contribution in [-0.4, -0.2) is 43.2 Å². The van der Waals surface area contributed by atoms with E-state index >= 15 is 0 Å². The van der Waals surface area contributed by atoms with Crippen LogP contribution in [0.15, 0.2) is 53.4 Å². The number of amides is 1. The second-order valence-corrected chi connectivity index (χ2v) is 9.84. The first-order valence-electron chi connectivity index (χ1n) is 9.91. The number of ether oxygens (including phenoxy) is 2. The molecule has 166 valence electrons. The van der Waals surface area contributed by atoms with Crippen molar-refractivity contribution >= 4 is 15.7 Å². The van der Waals surface area contributed by atoms with E-state index in [1.807, 2.05) is 0 Å². The van der Waals surface area contributed by atoms with E-state index in [9.17, 15) is 22.8 Å². The van der Waals surface area contributed by atoms with Gasteiger partial charge in [-0.2, -0.15) is 0 Å². The Bertz CT molecular complexity index is 1030. The molecule has 2 heterocycles. The number of hydrogen-bond donors (Lipinski definition) is 3. The number of benzene rings is 2. The van der Waals surface area contributed by atoms with Crippen molar-refractivity contribution in [2.75, 3.05) is 5.88 Å². The van der Waals surface area contributed by atoms with Crippen molar-refractivity contribution in [3.8, 4) is 11.5 Å². The summed E-state index contributed by atoms with van der Waals surface area (Å²) in [4.78, 5) is 12.4. The maximum Gasteiger partial charge on any atom is 0.263 e. The van der Waals surface area contributed by atoms with Gasteiger partial charge in [-0.25, -0.2) is 18.3 Å². The van der Waals surface area contributed by atoms with Gasteiger partial charge >= 0.3 is 0 Å². The molecule has 2 aliphatic heterocycles. The summed E-state index contributed by atoms with van der Waals surface area (Å²) in [6, 6.07) is 11.3. The number of hydroxylamine groups is 1. The first-order valence-corrected chi connectivity index (χ1v) is 11.6. The lowest BCUT2D eigenvalue weighted by molar-refractivity contribution is -0.143. The fraction of sp³-hybridized carbons (Fsp3) is 0.381. The summed E-state index contributed by atoms with van der Waals surface area (Å²) in [5.74, 6) is -0.698. The SMILES string of the molecule is O=C(NO)C1(NCS(=O)(=O)c2ccc(Oc3ccc(F)cc3)cc2)C[C@H]2CC[C@@H](C1)O2. The minimum Gasteiger partial charge on any atom is -0.457 e.